The average molecular weight is 361 g/mol. The first-order chi connectivity index (χ1) is 11.5. The zero-order valence-electron chi connectivity index (χ0n) is 14.0. The summed E-state index contributed by atoms with van der Waals surface area (Å²) >= 11 is 6.18. The highest BCUT2D eigenvalue weighted by atomic mass is 35.5. The summed E-state index contributed by atoms with van der Waals surface area (Å²) in [5.74, 6) is 0.527. The van der Waals surface area contributed by atoms with Crippen molar-refractivity contribution in [1.82, 2.24) is 20.7 Å². The molecule has 2 heterocycles. The third-order valence-corrected chi connectivity index (χ3v) is 6.16. The van der Waals surface area contributed by atoms with Gasteiger partial charge in [0.05, 0.1) is 6.54 Å². The fourth-order valence-corrected chi connectivity index (χ4v) is 4.36. The lowest BCUT2D eigenvalue weighted by Gasteiger charge is -2.43. The van der Waals surface area contributed by atoms with Gasteiger partial charge in [0, 0.05) is 32.2 Å². The van der Waals surface area contributed by atoms with Crippen molar-refractivity contribution in [3.8, 4) is 0 Å². The monoisotopic (exact) mass is 360 g/mol. The number of hydrazine groups is 1. The van der Waals surface area contributed by atoms with Gasteiger partial charge < -0.3 is 4.90 Å². The minimum Gasteiger partial charge on any atom is -0.340 e. The van der Waals surface area contributed by atoms with E-state index in [2.05, 4.69) is 17.8 Å². The molecule has 2 aliphatic heterocycles. The lowest BCUT2D eigenvalue weighted by Crippen LogP contribution is -2.65. The zero-order valence-corrected chi connectivity index (χ0v) is 14.8. The highest BCUT2D eigenvalue weighted by Gasteiger charge is 2.38. The Morgan fingerprint density at radius 2 is 2.08 bits per heavy atom. The SMILES string of the molecule is CC1CC(F)CCC1CN1CCN(C2CNNC(=O)C2Cl)CC1=O. The summed E-state index contributed by atoms with van der Waals surface area (Å²) in [7, 11) is 0. The lowest BCUT2D eigenvalue weighted by molar-refractivity contribution is -0.140. The van der Waals surface area contributed by atoms with Crippen LogP contribution in [-0.2, 0) is 9.59 Å². The number of piperazine rings is 1. The smallest absolute Gasteiger partial charge is 0.253 e. The van der Waals surface area contributed by atoms with Crippen LogP contribution in [0.15, 0.2) is 0 Å². The van der Waals surface area contributed by atoms with Gasteiger partial charge in [-0.2, -0.15) is 0 Å². The number of rotatable bonds is 3. The van der Waals surface area contributed by atoms with E-state index < -0.39 is 11.5 Å². The van der Waals surface area contributed by atoms with Crippen LogP contribution >= 0.6 is 11.6 Å². The highest BCUT2D eigenvalue weighted by molar-refractivity contribution is 6.31. The van der Waals surface area contributed by atoms with Crippen LogP contribution in [0.3, 0.4) is 0 Å². The van der Waals surface area contributed by atoms with Crippen molar-refractivity contribution in [2.24, 2.45) is 11.8 Å². The number of hydrogen-bond donors (Lipinski definition) is 2. The molecule has 6 nitrogen and oxygen atoms in total. The second-order valence-corrected chi connectivity index (χ2v) is 7.77. The third-order valence-electron chi connectivity index (χ3n) is 5.67. The molecule has 2 saturated heterocycles. The summed E-state index contributed by atoms with van der Waals surface area (Å²) in [6.07, 6.45) is 1.39. The van der Waals surface area contributed by atoms with Crippen LogP contribution in [0.5, 0.6) is 0 Å². The lowest BCUT2D eigenvalue weighted by atomic mass is 9.79. The Balaban J connectivity index is 1.54. The van der Waals surface area contributed by atoms with Crippen LogP contribution in [0.25, 0.3) is 0 Å². The van der Waals surface area contributed by atoms with Crippen molar-refractivity contribution in [2.75, 3.05) is 32.7 Å². The quantitative estimate of drug-likeness (QED) is 0.720. The van der Waals surface area contributed by atoms with E-state index in [1.165, 1.54) is 0 Å². The Morgan fingerprint density at radius 1 is 1.29 bits per heavy atom. The Bertz CT molecular complexity index is 495. The van der Waals surface area contributed by atoms with Crippen LogP contribution in [0.1, 0.15) is 26.2 Å². The molecule has 2 N–H and O–H groups in total. The summed E-state index contributed by atoms with van der Waals surface area (Å²) in [6.45, 7) is 4.97. The molecule has 1 aliphatic carbocycles. The van der Waals surface area contributed by atoms with Crippen molar-refractivity contribution in [3.05, 3.63) is 0 Å². The molecule has 136 valence electrons. The predicted molar refractivity (Wildman–Crippen MR) is 89.1 cm³/mol. The molecule has 0 radical (unpaired) electrons. The minimum atomic E-state index is -0.686. The van der Waals surface area contributed by atoms with Gasteiger partial charge in [0.1, 0.15) is 11.5 Å². The van der Waals surface area contributed by atoms with Gasteiger partial charge >= 0.3 is 0 Å². The zero-order chi connectivity index (χ0) is 17.3. The number of carbonyl (C=O) groups excluding carboxylic acids is 2. The van der Waals surface area contributed by atoms with Gasteiger partial charge in [0.25, 0.3) is 5.91 Å². The molecular weight excluding hydrogens is 335 g/mol. The maximum absolute atomic E-state index is 13.4. The number of hydrogen-bond acceptors (Lipinski definition) is 4. The van der Waals surface area contributed by atoms with Gasteiger partial charge in [0.15, 0.2) is 0 Å². The maximum atomic E-state index is 13.4. The first kappa shape index (κ1) is 17.9. The second-order valence-electron chi connectivity index (χ2n) is 7.30. The Morgan fingerprint density at radius 3 is 2.79 bits per heavy atom. The Labute approximate surface area is 147 Å². The molecular formula is C16H26ClFN4O2. The molecule has 3 rings (SSSR count). The Hall–Kier alpha value is -0.920. The van der Waals surface area contributed by atoms with E-state index in [4.69, 9.17) is 11.6 Å². The third kappa shape index (κ3) is 3.83. The van der Waals surface area contributed by atoms with Crippen molar-refractivity contribution in [2.45, 2.75) is 43.8 Å². The number of nitrogens with zero attached hydrogens (tertiary/aromatic N) is 2. The molecule has 0 bridgehead atoms. The molecule has 24 heavy (non-hydrogen) atoms. The number of amides is 2. The largest absolute Gasteiger partial charge is 0.340 e. The molecule has 1 saturated carbocycles. The number of halogens is 2. The number of nitrogens with one attached hydrogen (secondary N) is 2. The Kier molecular flexibility index (Phi) is 5.62. The summed E-state index contributed by atoms with van der Waals surface area (Å²) in [6, 6.07) is -0.174. The predicted octanol–water partition coefficient (Wildman–Crippen LogP) is 0.515. The number of alkyl halides is 2. The molecule has 0 aromatic heterocycles. The second kappa shape index (κ2) is 7.54. The highest BCUT2D eigenvalue weighted by Crippen LogP contribution is 2.32. The van der Waals surface area contributed by atoms with Crippen LogP contribution in [0.2, 0.25) is 0 Å². The average Bonchev–Trinajstić information content (AvgIpc) is 2.54. The van der Waals surface area contributed by atoms with E-state index >= 15 is 0 Å². The van der Waals surface area contributed by atoms with Crippen molar-refractivity contribution in [3.63, 3.8) is 0 Å². The molecule has 3 aliphatic rings. The molecule has 3 fully saturated rings. The van der Waals surface area contributed by atoms with Crippen molar-refractivity contribution in [1.29, 1.82) is 0 Å². The van der Waals surface area contributed by atoms with Gasteiger partial charge in [-0.05, 0) is 31.1 Å². The molecule has 2 amide bonds. The summed E-state index contributed by atoms with van der Waals surface area (Å²) in [5.41, 5.74) is 5.34. The van der Waals surface area contributed by atoms with Crippen LogP contribution in [0.4, 0.5) is 4.39 Å². The van der Waals surface area contributed by atoms with Crippen molar-refractivity contribution < 1.29 is 14.0 Å². The van der Waals surface area contributed by atoms with Gasteiger partial charge in [-0.15, -0.1) is 11.6 Å². The maximum Gasteiger partial charge on any atom is 0.253 e. The molecule has 8 heteroatoms. The van der Waals surface area contributed by atoms with Gasteiger partial charge in [-0.1, -0.05) is 6.92 Å². The van der Waals surface area contributed by atoms with E-state index in [9.17, 15) is 14.0 Å². The summed E-state index contributed by atoms with van der Waals surface area (Å²) in [4.78, 5) is 28.1. The standard InChI is InChI=1S/C16H26ClFN4O2/c1-10-6-12(18)3-2-11(10)8-22-5-4-21(9-14(22)23)13-7-19-20-16(24)15(13)17/h10-13,15,19H,2-9H2,1H3,(H,20,24). The first-order valence-corrected chi connectivity index (χ1v) is 9.22. The van der Waals surface area contributed by atoms with Gasteiger partial charge in [-0.25, -0.2) is 9.82 Å². The van der Waals surface area contributed by atoms with E-state index in [0.717, 1.165) is 6.42 Å². The topological polar surface area (TPSA) is 64.7 Å². The number of carbonyl (C=O) groups is 2. The molecule has 0 aromatic carbocycles. The van der Waals surface area contributed by atoms with Gasteiger partial charge in [-0.3, -0.25) is 19.9 Å². The summed E-state index contributed by atoms with van der Waals surface area (Å²) < 4.78 is 13.4. The first-order valence-electron chi connectivity index (χ1n) is 8.78. The molecule has 0 spiro atoms. The minimum absolute atomic E-state index is 0.0747. The van der Waals surface area contributed by atoms with Gasteiger partial charge in [0.2, 0.25) is 5.91 Å². The summed E-state index contributed by atoms with van der Waals surface area (Å²) in [5, 5.41) is -0.648. The molecule has 0 aromatic rings. The van der Waals surface area contributed by atoms with E-state index in [-0.39, 0.29) is 24.4 Å². The van der Waals surface area contributed by atoms with E-state index in [0.29, 0.717) is 50.9 Å². The van der Waals surface area contributed by atoms with Crippen LogP contribution in [-0.4, -0.2) is 71.9 Å². The van der Waals surface area contributed by atoms with E-state index in [1.807, 2.05) is 9.80 Å². The normalized spacial score (nSPS) is 39.0. The molecule has 5 unspecified atom stereocenters. The fraction of sp³-hybridized carbons (Fsp3) is 0.875. The van der Waals surface area contributed by atoms with Crippen LogP contribution < -0.4 is 10.9 Å². The molecule has 5 atom stereocenters. The van der Waals surface area contributed by atoms with E-state index in [1.54, 1.807) is 0 Å². The van der Waals surface area contributed by atoms with Crippen molar-refractivity contribution >= 4 is 23.4 Å². The fourth-order valence-electron chi connectivity index (χ4n) is 4.05. The van der Waals surface area contributed by atoms with Crippen LogP contribution in [0, 0.1) is 11.8 Å².